The first-order chi connectivity index (χ1) is 14.0. The molecule has 1 aliphatic heterocycles. The van der Waals surface area contributed by atoms with Crippen molar-refractivity contribution in [3.63, 3.8) is 0 Å². The van der Waals surface area contributed by atoms with Gasteiger partial charge in [-0.3, -0.25) is 4.79 Å². The third-order valence-corrected chi connectivity index (χ3v) is 6.55. The predicted molar refractivity (Wildman–Crippen MR) is 118 cm³/mol. The van der Waals surface area contributed by atoms with Crippen molar-refractivity contribution >= 4 is 28.5 Å². The fourth-order valence-corrected chi connectivity index (χ4v) is 4.54. The quantitative estimate of drug-likeness (QED) is 0.437. The molecule has 0 unspecified atom stereocenters. The Balaban J connectivity index is 1.59. The minimum Gasteiger partial charge on any atom is -0.304 e. The molecule has 0 saturated carbocycles. The van der Waals surface area contributed by atoms with Crippen LogP contribution >= 0.6 is 11.9 Å². The van der Waals surface area contributed by atoms with Crippen LogP contribution in [0.2, 0.25) is 0 Å². The van der Waals surface area contributed by atoms with Crippen molar-refractivity contribution in [3.8, 4) is 0 Å². The van der Waals surface area contributed by atoms with Crippen molar-refractivity contribution < 1.29 is 9.18 Å². The first-order valence-electron chi connectivity index (χ1n) is 10.0. The zero-order valence-electron chi connectivity index (χ0n) is 16.8. The summed E-state index contributed by atoms with van der Waals surface area (Å²) in [5.74, 6) is -0.387. The van der Waals surface area contributed by atoms with E-state index >= 15 is 0 Å². The summed E-state index contributed by atoms with van der Waals surface area (Å²) in [5, 5.41) is 1.57. The van der Waals surface area contributed by atoms with Gasteiger partial charge in [0.15, 0.2) is 5.78 Å². The second-order valence-corrected chi connectivity index (χ2v) is 8.71. The van der Waals surface area contributed by atoms with Crippen molar-refractivity contribution in [3.05, 3.63) is 77.1 Å². The van der Waals surface area contributed by atoms with Crippen LogP contribution in [0.5, 0.6) is 0 Å². The first kappa shape index (κ1) is 20.1. The fraction of sp³-hybridized carbons (Fsp3) is 0.292. The highest BCUT2D eigenvalue weighted by molar-refractivity contribution is 7.97. The zero-order chi connectivity index (χ0) is 20.4. The number of halogens is 1. The van der Waals surface area contributed by atoms with Crippen LogP contribution in [-0.4, -0.2) is 48.2 Å². The number of hydrogen-bond acceptors (Lipinski definition) is 4. The van der Waals surface area contributed by atoms with Gasteiger partial charge in [0.1, 0.15) is 5.82 Å². The fourth-order valence-electron chi connectivity index (χ4n) is 3.64. The molecule has 0 aliphatic carbocycles. The largest absolute Gasteiger partial charge is 0.304 e. The first-order valence-corrected chi connectivity index (χ1v) is 10.8. The zero-order valence-corrected chi connectivity index (χ0v) is 17.6. The van der Waals surface area contributed by atoms with Gasteiger partial charge in [-0.25, -0.2) is 8.70 Å². The van der Waals surface area contributed by atoms with Crippen LogP contribution in [0.1, 0.15) is 28.4 Å². The van der Waals surface area contributed by atoms with E-state index in [4.69, 9.17) is 0 Å². The van der Waals surface area contributed by atoms with Crippen molar-refractivity contribution in [1.82, 2.24) is 9.21 Å². The van der Waals surface area contributed by atoms with Crippen LogP contribution in [0.4, 0.5) is 4.39 Å². The highest BCUT2D eigenvalue weighted by Crippen LogP contribution is 2.27. The number of nitrogens with zero attached hydrogens (tertiary/aromatic N) is 2. The van der Waals surface area contributed by atoms with Gasteiger partial charge in [-0.1, -0.05) is 19.1 Å². The molecule has 1 fully saturated rings. The second-order valence-electron chi connectivity index (χ2n) is 7.54. The molecule has 0 aromatic heterocycles. The van der Waals surface area contributed by atoms with E-state index in [9.17, 15) is 9.18 Å². The SMILES string of the molecule is CCc1cc(C(=O)c2ccc(SN3CCN(C)CC3)cc2)c2cc(F)ccc2c1. The second kappa shape index (κ2) is 8.66. The Kier molecular flexibility index (Phi) is 5.99. The monoisotopic (exact) mass is 408 g/mol. The molecule has 0 spiro atoms. The van der Waals surface area contributed by atoms with Gasteiger partial charge in [-0.05, 0) is 84.2 Å². The standard InChI is InChI=1S/C24H25FN2OS/c1-3-17-14-19-4-7-20(25)16-22(19)23(15-17)24(28)18-5-8-21(9-6-18)29-27-12-10-26(2)11-13-27/h4-9,14-16H,3,10-13H2,1-2H3. The summed E-state index contributed by atoms with van der Waals surface area (Å²) in [5.41, 5.74) is 2.28. The van der Waals surface area contributed by atoms with E-state index in [0.717, 1.165) is 48.4 Å². The van der Waals surface area contributed by atoms with E-state index < -0.39 is 0 Å². The topological polar surface area (TPSA) is 23.6 Å². The number of carbonyl (C=O) groups excluding carboxylic acids is 1. The highest BCUT2D eigenvalue weighted by atomic mass is 32.2. The number of benzene rings is 3. The molecule has 150 valence electrons. The molecule has 0 bridgehead atoms. The molecule has 3 aromatic rings. The van der Waals surface area contributed by atoms with Gasteiger partial charge >= 0.3 is 0 Å². The van der Waals surface area contributed by atoms with Crippen LogP contribution in [0, 0.1) is 5.82 Å². The van der Waals surface area contributed by atoms with Gasteiger partial charge in [-0.15, -0.1) is 0 Å². The number of ketones is 1. The molecule has 3 aromatic carbocycles. The minimum atomic E-state index is -0.324. The van der Waals surface area contributed by atoms with Gasteiger partial charge in [0.2, 0.25) is 0 Å². The molecular weight excluding hydrogens is 383 g/mol. The predicted octanol–water partition coefficient (Wildman–Crippen LogP) is 5.03. The number of piperazine rings is 1. The summed E-state index contributed by atoms with van der Waals surface area (Å²) >= 11 is 1.74. The summed E-state index contributed by atoms with van der Waals surface area (Å²) < 4.78 is 16.2. The maximum atomic E-state index is 13.8. The van der Waals surface area contributed by atoms with Gasteiger partial charge in [0, 0.05) is 42.2 Å². The lowest BCUT2D eigenvalue weighted by Crippen LogP contribution is -2.40. The Bertz CT molecular complexity index is 1030. The van der Waals surface area contributed by atoms with Gasteiger partial charge in [-0.2, -0.15) is 0 Å². The molecule has 29 heavy (non-hydrogen) atoms. The smallest absolute Gasteiger partial charge is 0.193 e. The average Bonchev–Trinajstić information content (AvgIpc) is 2.74. The molecular formula is C24H25FN2OS. The van der Waals surface area contributed by atoms with E-state index in [1.807, 2.05) is 36.4 Å². The van der Waals surface area contributed by atoms with Gasteiger partial charge in [0.05, 0.1) is 0 Å². The average molecular weight is 409 g/mol. The third-order valence-electron chi connectivity index (χ3n) is 5.44. The van der Waals surface area contributed by atoms with Crippen molar-refractivity contribution in [1.29, 1.82) is 0 Å². The molecule has 1 heterocycles. The lowest BCUT2D eigenvalue weighted by atomic mass is 9.94. The molecule has 0 radical (unpaired) electrons. The van der Waals surface area contributed by atoms with Crippen LogP contribution in [0.3, 0.4) is 0 Å². The minimum absolute atomic E-state index is 0.0629. The van der Waals surface area contributed by atoms with Crippen LogP contribution < -0.4 is 0 Å². The van der Waals surface area contributed by atoms with E-state index in [1.165, 1.54) is 12.1 Å². The summed E-state index contributed by atoms with van der Waals surface area (Å²) in [6.45, 7) is 6.26. The number of hydrogen-bond donors (Lipinski definition) is 0. The van der Waals surface area contributed by atoms with E-state index in [-0.39, 0.29) is 11.6 Å². The van der Waals surface area contributed by atoms with E-state index in [1.54, 1.807) is 18.0 Å². The van der Waals surface area contributed by atoms with Crippen LogP contribution in [-0.2, 0) is 6.42 Å². The molecule has 4 rings (SSSR count). The van der Waals surface area contributed by atoms with Crippen molar-refractivity contribution in [2.75, 3.05) is 33.2 Å². The Morgan fingerprint density at radius 3 is 2.41 bits per heavy atom. The number of fused-ring (bicyclic) bond motifs is 1. The number of likely N-dealkylation sites (N-methyl/N-ethyl adjacent to an activating group) is 1. The van der Waals surface area contributed by atoms with Crippen molar-refractivity contribution in [2.45, 2.75) is 18.2 Å². The van der Waals surface area contributed by atoms with Crippen molar-refractivity contribution in [2.24, 2.45) is 0 Å². The Hall–Kier alpha value is -2.21. The Morgan fingerprint density at radius 1 is 1.00 bits per heavy atom. The number of aryl methyl sites for hydroxylation is 1. The maximum absolute atomic E-state index is 13.8. The molecule has 0 amide bonds. The van der Waals surface area contributed by atoms with Crippen LogP contribution in [0.25, 0.3) is 10.8 Å². The van der Waals surface area contributed by atoms with Crippen LogP contribution in [0.15, 0.2) is 59.5 Å². The molecule has 1 aliphatic rings. The highest BCUT2D eigenvalue weighted by Gasteiger charge is 2.17. The molecule has 0 N–H and O–H groups in total. The lowest BCUT2D eigenvalue weighted by Gasteiger charge is -2.31. The summed E-state index contributed by atoms with van der Waals surface area (Å²) in [6.07, 6.45) is 0.828. The summed E-state index contributed by atoms with van der Waals surface area (Å²) in [6, 6.07) is 16.3. The normalized spacial score (nSPS) is 15.7. The molecule has 3 nitrogen and oxygen atoms in total. The third kappa shape index (κ3) is 4.53. The Morgan fingerprint density at radius 2 is 1.72 bits per heavy atom. The summed E-state index contributed by atoms with van der Waals surface area (Å²) in [7, 11) is 2.14. The van der Waals surface area contributed by atoms with E-state index in [2.05, 4.69) is 23.2 Å². The van der Waals surface area contributed by atoms with E-state index in [0.29, 0.717) is 16.5 Å². The van der Waals surface area contributed by atoms with Gasteiger partial charge < -0.3 is 4.90 Å². The molecule has 5 heteroatoms. The Labute approximate surface area is 175 Å². The van der Waals surface area contributed by atoms with Gasteiger partial charge in [0.25, 0.3) is 0 Å². The molecule has 1 saturated heterocycles. The molecule has 0 atom stereocenters. The summed E-state index contributed by atoms with van der Waals surface area (Å²) in [4.78, 5) is 16.7. The number of carbonyl (C=O) groups is 1. The maximum Gasteiger partial charge on any atom is 0.193 e. The number of rotatable bonds is 5. The lowest BCUT2D eigenvalue weighted by molar-refractivity contribution is 0.104.